The van der Waals surface area contributed by atoms with Gasteiger partial charge in [0.15, 0.2) is 5.13 Å². The molecule has 0 aliphatic heterocycles. The number of nitrogens with one attached hydrogen (secondary N) is 1. The van der Waals surface area contributed by atoms with Crippen molar-refractivity contribution in [2.45, 2.75) is 18.8 Å². The van der Waals surface area contributed by atoms with Gasteiger partial charge in [-0.05, 0) is 31.0 Å². The summed E-state index contributed by atoms with van der Waals surface area (Å²) in [4.78, 5) is 4.43. The molecular formula is C13H10FN3S. The van der Waals surface area contributed by atoms with E-state index in [0.717, 1.165) is 5.69 Å². The zero-order valence-electron chi connectivity index (χ0n) is 9.48. The monoisotopic (exact) mass is 259 g/mol. The van der Waals surface area contributed by atoms with Gasteiger partial charge in [0.05, 0.1) is 23.0 Å². The van der Waals surface area contributed by atoms with E-state index in [1.807, 2.05) is 11.4 Å². The molecule has 0 saturated heterocycles. The van der Waals surface area contributed by atoms with E-state index in [2.05, 4.69) is 10.3 Å². The Morgan fingerprint density at radius 1 is 1.44 bits per heavy atom. The number of halogens is 1. The summed E-state index contributed by atoms with van der Waals surface area (Å²) in [5, 5.41) is 14.3. The molecule has 0 bridgehead atoms. The van der Waals surface area contributed by atoms with Crippen molar-refractivity contribution >= 4 is 22.2 Å². The van der Waals surface area contributed by atoms with Crippen LogP contribution in [0.15, 0.2) is 23.6 Å². The lowest BCUT2D eigenvalue weighted by Gasteiger charge is -2.03. The first-order valence-corrected chi connectivity index (χ1v) is 6.56. The summed E-state index contributed by atoms with van der Waals surface area (Å²) in [6.07, 6.45) is 2.41. The van der Waals surface area contributed by atoms with Crippen LogP contribution in [0, 0.1) is 17.1 Å². The molecule has 1 heterocycles. The maximum atomic E-state index is 13.7. The van der Waals surface area contributed by atoms with Crippen molar-refractivity contribution in [3.05, 3.63) is 40.7 Å². The van der Waals surface area contributed by atoms with E-state index in [9.17, 15) is 4.39 Å². The first-order chi connectivity index (χ1) is 8.76. The largest absolute Gasteiger partial charge is 0.329 e. The number of nitrogens with zero attached hydrogens (tertiary/aromatic N) is 2. The van der Waals surface area contributed by atoms with E-state index in [0.29, 0.717) is 22.3 Å². The van der Waals surface area contributed by atoms with Crippen LogP contribution in [0.2, 0.25) is 0 Å². The molecule has 1 aliphatic carbocycles. The van der Waals surface area contributed by atoms with Crippen LogP contribution >= 0.6 is 11.3 Å². The van der Waals surface area contributed by atoms with E-state index in [4.69, 9.17) is 5.26 Å². The van der Waals surface area contributed by atoms with Crippen LogP contribution in [0.5, 0.6) is 0 Å². The van der Waals surface area contributed by atoms with Gasteiger partial charge in [0.1, 0.15) is 5.82 Å². The zero-order chi connectivity index (χ0) is 12.5. The summed E-state index contributed by atoms with van der Waals surface area (Å²) in [5.74, 6) is 0.167. The van der Waals surface area contributed by atoms with Crippen LogP contribution < -0.4 is 5.32 Å². The number of hydrogen-bond acceptors (Lipinski definition) is 4. The lowest BCUT2D eigenvalue weighted by molar-refractivity contribution is 0.631. The first kappa shape index (κ1) is 11.2. The molecule has 0 spiro atoms. The van der Waals surface area contributed by atoms with Crippen LogP contribution in [0.1, 0.15) is 30.0 Å². The van der Waals surface area contributed by atoms with Crippen LogP contribution in [0.25, 0.3) is 0 Å². The highest BCUT2D eigenvalue weighted by molar-refractivity contribution is 7.13. The summed E-state index contributed by atoms with van der Waals surface area (Å²) >= 11 is 1.48. The molecule has 1 N–H and O–H groups in total. The lowest BCUT2D eigenvalue weighted by atomic mass is 10.2. The fraction of sp³-hybridized carbons (Fsp3) is 0.231. The molecule has 1 saturated carbocycles. The van der Waals surface area contributed by atoms with Crippen molar-refractivity contribution in [2.24, 2.45) is 0 Å². The Bertz CT molecular complexity index is 625. The molecule has 2 aromatic rings. The number of thiazole rings is 1. The minimum Gasteiger partial charge on any atom is -0.329 e. The molecule has 3 nitrogen and oxygen atoms in total. The highest BCUT2D eigenvalue weighted by atomic mass is 32.1. The highest BCUT2D eigenvalue weighted by Gasteiger charge is 2.26. The van der Waals surface area contributed by atoms with Gasteiger partial charge in [0.2, 0.25) is 0 Å². The average molecular weight is 259 g/mol. The quantitative estimate of drug-likeness (QED) is 0.912. The van der Waals surface area contributed by atoms with Gasteiger partial charge in [0, 0.05) is 11.3 Å². The van der Waals surface area contributed by atoms with Gasteiger partial charge in [0.25, 0.3) is 0 Å². The SMILES string of the molecule is N#Cc1ccc(Nc2nc(C3CC3)cs2)c(F)c1. The van der Waals surface area contributed by atoms with Crippen LogP contribution in [0.4, 0.5) is 15.2 Å². The predicted molar refractivity (Wildman–Crippen MR) is 68.5 cm³/mol. The van der Waals surface area contributed by atoms with E-state index in [1.165, 1.54) is 30.2 Å². The molecule has 1 aromatic carbocycles. The smallest absolute Gasteiger partial charge is 0.187 e. The molecule has 5 heteroatoms. The third-order valence-electron chi connectivity index (χ3n) is 2.86. The molecule has 1 fully saturated rings. The second-order valence-electron chi connectivity index (χ2n) is 4.28. The summed E-state index contributed by atoms with van der Waals surface area (Å²) in [5.41, 5.74) is 1.76. The third kappa shape index (κ3) is 2.20. The molecule has 3 rings (SSSR count). The second-order valence-corrected chi connectivity index (χ2v) is 5.14. The van der Waals surface area contributed by atoms with Gasteiger partial charge in [-0.2, -0.15) is 5.26 Å². The van der Waals surface area contributed by atoms with E-state index < -0.39 is 5.82 Å². The zero-order valence-corrected chi connectivity index (χ0v) is 10.3. The molecule has 0 amide bonds. The number of benzene rings is 1. The Hall–Kier alpha value is -1.93. The standard InChI is InChI=1S/C13H10FN3S/c14-10-5-8(6-15)1-4-11(10)16-13-17-12(7-18-13)9-2-3-9/h1,4-5,7,9H,2-3H2,(H,16,17). The third-order valence-corrected chi connectivity index (χ3v) is 3.63. The van der Waals surface area contributed by atoms with Crippen LogP contribution in [0.3, 0.4) is 0 Å². The molecule has 1 aromatic heterocycles. The molecule has 0 radical (unpaired) electrons. The topological polar surface area (TPSA) is 48.7 Å². The highest BCUT2D eigenvalue weighted by Crippen LogP contribution is 2.41. The fourth-order valence-corrected chi connectivity index (χ4v) is 2.52. The molecule has 1 aliphatic rings. The molecule has 18 heavy (non-hydrogen) atoms. The molecule has 0 atom stereocenters. The molecular weight excluding hydrogens is 249 g/mol. The second kappa shape index (κ2) is 4.39. The van der Waals surface area contributed by atoms with E-state index in [-0.39, 0.29) is 0 Å². The van der Waals surface area contributed by atoms with Crippen molar-refractivity contribution in [1.29, 1.82) is 5.26 Å². The van der Waals surface area contributed by atoms with Gasteiger partial charge >= 0.3 is 0 Å². The maximum absolute atomic E-state index is 13.7. The van der Waals surface area contributed by atoms with Crippen molar-refractivity contribution in [1.82, 2.24) is 4.98 Å². The van der Waals surface area contributed by atoms with Crippen molar-refractivity contribution in [3.8, 4) is 6.07 Å². The first-order valence-electron chi connectivity index (χ1n) is 5.68. The maximum Gasteiger partial charge on any atom is 0.187 e. The number of nitriles is 1. The molecule has 0 unspecified atom stereocenters. The van der Waals surface area contributed by atoms with Crippen LogP contribution in [-0.4, -0.2) is 4.98 Å². The van der Waals surface area contributed by atoms with Gasteiger partial charge in [-0.15, -0.1) is 11.3 Å². The lowest BCUT2D eigenvalue weighted by Crippen LogP contribution is -1.94. The summed E-state index contributed by atoms with van der Waals surface area (Å²) in [6, 6.07) is 6.27. The molecule has 90 valence electrons. The fourth-order valence-electron chi connectivity index (χ4n) is 1.71. The number of hydrogen-bond donors (Lipinski definition) is 1. The Balaban J connectivity index is 1.80. The average Bonchev–Trinajstić information content (AvgIpc) is 3.13. The van der Waals surface area contributed by atoms with Gasteiger partial charge in [-0.1, -0.05) is 0 Å². The van der Waals surface area contributed by atoms with E-state index >= 15 is 0 Å². The summed E-state index contributed by atoms with van der Waals surface area (Å²) in [6.45, 7) is 0. The predicted octanol–water partition coefficient (Wildman–Crippen LogP) is 3.77. The van der Waals surface area contributed by atoms with Gasteiger partial charge in [-0.25, -0.2) is 9.37 Å². The van der Waals surface area contributed by atoms with Crippen molar-refractivity contribution in [3.63, 3.8) is 0 Å². The Morgan fingerprint density at radius 2 is 2.28 bits per heavy atom. The van der Waals surface area contributed by atoms with Crippen molar-refractivity contribution < 1.29 is 4.39 Å². The normalized spacial score (nSPS) is 14.2. The minimum absolute atomic E-state index is 0.316. The minimum atomic E-state index is -0.433. The summed E-state index contributed by atoms with van der Waals surface area (Å²) < 4.78 is 13.7. The van der Waals surface area contributed by atoms with E-state index in [1.54, 1.807) is 12.1 Å². The van der Waals surface area contributed by atoms with Crippen LogP contribution in [-0.2, 0) is 0 Å². The van der Waals surface area contributed by atoms with Gasteiger partial charge < -0.3 is 5.32 Å². The Morgan fingerprint density at radius 3 is 2.94 bits per heavy atom. The number of aromatic nitrogens is 1. The number of anilines is 2. The Kier molecular flexibility index (Phi) is 2.73. The number of rotatable bonds is 3. The Labute approximate surface area is 108 Å². The summed E-state index contributed by atoms with van der Waals surface area (Å²) in [7, 11) is 0. The van der Waals surface area contributed by atoms with Crippen molar-refractivity contribution in [2.75, 3.05) is 5.32 Å². The van der Waals surface area contributed by atoms with Gasteiger partial charge in [-0.3, -0.25) is 0 Å².